The minimum absolute atomic E-state index is 0.779. The maximum atomic E-state index is 4.77. The molecule has 2 aliphatic heterocycles. The zero-order valence-electron chi connectivity index (χ0n) is 20.6. The molecule has 0 aromatic carbocycles. The Hall–Kier alpha value is -1.76. The summed E-state index contributed by atoms with van der Waals surface area (Å²) in [6, 6.07) is 5.13. The second kappa shape index (κ2) is 10.9. The van der Waals surface area contributed by atoms with Gasteiger partial charge in [-0.05, 0) is 103 Å². The lowest BCUT2D eigenvalue weighted by atomic mass is 9.92. The summed E-state index contributed by atoms with van der Waals surface area (Å²) in [5.74, 6) is 0.779. The Labute approximate surface area is 194 Å². The van der Waals surface area contributed by atoms with Gasteiger partial charge in [0.05, 0.1) is 5.69 Å². The summed E-state index contributed by atoms with van der Waals surface area (Å²) in [5.41, 5.74) is 5.26. The van der Waals surface area contributed by atoms with E-state index in [4.69, 9.17) is 5.10 Å². The fourth-order valence-corrected chi connectivity index (χ4v) is 5.65. The smallest absolute Gasteiger partial charge is 0.0641 e. The van der Waals surface area contributed by atoms with Gasteiger partial charge in [-0.25, -0.2) is 0 Å². The second-order valence-electron chi connectivity index (χ2n) is 10.0. The van der Waals surface area contributed by atoms with E-state index >= 15 is 0 Å². The first kappa shape index (κ1) is 23.4. The zero-order chi connectivity index (χ0) is 22.5. The van der Waals surface area contributed by atoms with Crippen molar-refractivity contribution in [1.82, 2.24) is 29.5 Å². The van der Waals surface area contributed by atoms with Crippen LogP contribution in [0.3, 0.4) is 0 Å². The molecule has 4 heterocycles. The first-order valence-electron chi connectivity index (χ1n) is 12.6. The van der Waals surface area contributed by atoms with Crippen LogP contribution < -0.4 is 0 Å². The van der Waals surface area contributed by atoms with Gasteiger partial charge in [-0.1, -0.05) is 0 Å². The van der Waals surface area contributed by atoms with Crippen LogP contribution in [0.5, 0.6) is 0 Å². The highest BCUT2D eigenvalue weighted by Gasteiger charge is 2.28. The summed E-state index contributed by atoms with van der Waals surface area (Å²) in [5, 5.41) is 4.77. The van der Waals surface area contributed by atoms with Crippen LogP contribution in [0.15, 0.2) is 24.5 Å². The lowest BCUT2D eigenvalue weighted by molar-refractivity contribution is 0.0727. The van der Waals surface area contributed by atoms with Crippen LogP contribution in [-0.4, -0.2) is 75.3 Å². The van der Waals surface area contributed by atoms with E-state index in [1.807, 2.05) is 12.4 Å². The van der Waals surface area contributed by atoms with Crippen molar-refractivity contribution in [3.05, 3.63) is 47.0 Å². The number of likely N-dealkylation sites (tertiary alicyclic amines) is 2. The highest BCUT2D eigenvalue weighted by atomic mass is 15.3. The second-order valence-corrected chi connectivity index (χ2v) is 10.0. The maximum Gasteiger partial charge on any atom is 0.0641 e. The molecule has 6 nitrogen and oxygen atoms in total. The molecule has 0 saturated carbocycles. The Morgan fingerprint density at radius 3 is 2.28 bits per heavy atom. The fraction of sp³-hybridized carbons (Fsp3) is 0.692. The predicted octanol–water partition coefficient (Wildman–Crippen LogP) is 3.72. The Bertz CT molecular complexity index is 832. The van der Waals surface area contributed by atoms with Crippen molar-refractivity contribution in [2.45, 2.75) is 72.1 Å². The first-order chi connectivity index (χ1) is 15.5. The average Bonchev–Trinajstić information content (AvgIpc) is 3.08. The summed E-state index contributed by atoms with van der Waals surface area (Å²) in [7, 11) is 2.26. The van der Waals surface area contributed by atoms with Crippen molar-refractivity contribution in [1.29, 1.82) is 0 Å². The number of rotatable bonds is 8. The standard InChI is InChI=1S/C26H42N6/c1-5-32-22(3)26(21(2)28-32)20-30(18-23-6-12-27-13-7-23)19-24-8-16-31(17-9-24)25-10-14-29(4)15-11-25/h6-7,12-13,24-25H,5,8-11,14-20H2,1-4H3. The maximum absolute atomic E-state index is 4.77. The lowest BCUT2D eigenvalue weighted by Crippen LogP contribution is -2.47. The van der Waals surface area contributed by atoms with Crippen molar-refractivity contribution < 1.29 is 0 Å². The Morgan fingerprint density at radius 2 is 1.66 bits per heavy atom. The SMILES string of the molecule is CCn1nc(C)c(CN(Cc2ccncc2)CC2CCN(C3CCN(C)CC3)CC2)c1C. The molecule has 6 heteroatoms. The van der Waals surface area contributed by atoms with Crippen LogP contribution in [0.25, 0.3) is 0 Å². The molecule has 2 aliphatic rings. The number of aromatic nitrogens is 3. The minimum Gasteiger partial charge on any atom is -0.306 e. The topological polar surface area (TPSA) is 40.4 Å². The van der Waals surface area contributed by atoms with Gasteiger partial charge in [0.15, 0.2) is 0 Å². The van der Waals surface area contributed by atoms with Crippen LogP contribution in [0.2, 0.25) is 0 Å². The molecule has 2 saturated heterocycles. The molecule has 0 aliphatic carbocycles. The molecule has 0 N–H and O–H groups in total. The van der Waals surface area contributed by atoms with Gasteiger partial charge in [0.25, 0.3) is 0 Å². The molecule has 0 bridgehead atoms. The van der Waals surface area contributed by atoms with E-state index in [0.29, 0.717) is 0 Å². The third-order valence-corrected chi connectivity index (χ3v) is 7.74. The van der Waals surface area contributed by atoms with Gasteiger partial charge in [-0.2, -0.15) is 5.10 Å². The van der Waals surface area contributed by atoms with Gasteiger partial charge in [0.2, 0.25) is 0 Å². The van der Waals surface area contributed by atoms with E-state index < -0.39 is 0 Å². The quantitative estimate of drug-likeness (QED) is 0.628. The van der Waals surface area contributed by atoms with Crippen molar-refractivity contribution in [2.75, 3.05) is 39.8 Å². The summed E-state index contributed by atoms with van der Waals surface area (Å²) in [6.45, 7) is 15.7. The predicted molar refractivity (Wildman–Crippen MR) is 131 cm³/mol. The Kier molecular flexibility index (Phi) is 7.98. The molecular weight excluding hydrogens is 396 g/mol. The number of aryl methyl sites for hydroxylation is 2. The molecule has 4 rings (SSSR count). The van der Waals surface area contributed by atoms with Crippen molar-refractivity contribution >= 4 is 0 Å². The van der Waals surface area contributed by atoms with E-state index in [1.165, 1.54) is 80.9 Å². The third-order valence-electron chi connectivity index (χ3n) is 7.74. The summed E-state index contributed by atoms with van der Waals surface area (Å²) in [6.07, 6.45) is 9.17. The monoisotopic (exact) mass is 438 g/mol. The largest absolute Gasteiger partial charge is 0.306 e. The molecule has 2 aromatic rings. The van der Waals surface area contributed by atoms with Crippen LogP contribution in [-0.2, 0) is 19.6 Å². The summed E-state index contributed by atoms with van der Waals surface area (Å²) >= 11 is 0. The molecule has 32 heavy (non-hydrogen) atoms. The van der Waals surface area contributed by atoms with Crippen molar-refractivity contribution in [3.8, 4) is 0 Å². The van der Waals surface area contributed by atoms with Crippen LogP contribution in [0.4, 0.5) is 0 Å². The average molecular weight is 439 g/mol. The highest BCUT2D eigenvalue weighted by Crippen LogP contribution is 2.26. The van der Waals surface area contributed by atoms with E-state index in [-0.39, 0.29) is 0 Å². The number of pyridine rings is 1. The number of piperidine rings is 2. The van der Waals surface area contributed by atoms with Crippen LogP contribution in [0.1, 0.15) is 55.1 Å². The third kappa shape index (κ3) is 5.77. The first-order valence-corrected chi connectivity index (χ1v) is 12.6. The number of nitrogens with zero attached hydrogens (tertiary/aromatic N) is 6. The van der Waals surface area contributed by atoms with E-state index in [0.717, 1.165) is 31.6 Å². The van der Waals surface area contributed by atoms with Gasteiger partial charge in [-0.15, -0.1) is 0 Å². The van der Waals surface area contributed by atoms with Gasteiger partial charge < -0.3 is 9.80 Å². The van der Waals surface area contributed by atoms with Gasteiger partial charge in [-0.3, -0.25) is 14.6 Å². The molecule has 0 amide bonds. The van der Waals surface area contributed by atoms with Crippen LogP contribution >= 0.6 is 0 Å². The molecule has 0 unspecified atom stereocenters. The van der Waals surface area contributed by atoms with E-state index in [9.17, 15) is 0 Å². The van der Waals surface area contributed by atoms with E-state index in [1.54, 1.807) is 0 Å². The molecule has 2 aromatic heterocycles. The fourth-order valence-electron chi connectivity index (χ4n) is 5.65. The van der Waals surface area contributed by atoms with E-state index in [2.05, 4.69) is 64.3 Å². The van der Waals surface area contributed by atoms with Gasteiger partial charge in [0, 0.05) is 55.9 Å². The molecule has 0 radical (unpaired) electrons. The lowest BCUT2D eigenvalue weighted by Gasteiger charge is -2.42. The normalized spacial score (nSPS) is 19.8. The summed E-state index contributed by atoms with van der Waals surface area (Å²) in [4.78, 5) is 12.1. The number of hydrogen-bond donors (Lipinski definition) is 0. The van der Waals surface area contributed by atoms with Gasteiger partial charge in [0.1, 0.15) is 0 Å². The molecule has 2 fully saturated rings. The molecule has 0 atom stereocenters. The molecular formula is C26H42N6. The minimum atomic E-state index is 0.779. The highest BCUT2D eigenvalue weighted by molar-refractivity contribution is 5.24. The van der Waals surface area contributed by atoms with Crippen LogP contribution in [0, 0.1) is 19.8 Å². The Morgan fingerprint density at radius 1 is 0.969 bits per heavy atom. The number of hydrogen-bond acceptors (Lipinski definition) is 5. The van der Waals surface area contributed by atoms with Crippen molar-refractivity contribution in [2.24, 2.45) is 5.92 Å². The van der Waals surface area contributed by atoms with Crippen molar-refractivity contribution in [3.63, 3.8) is 0 Å². The molecule has 176 valence electrons. The zero-order valence-corrected chi connectivity index (χ0v) is 20.6. The molecule has 0 spiro atoms. The van der Waals surface area contributed by atoms with Gasteiger partial charge >= 0.3 is 0 Å². The summed E-state index contributed by atoms with van der Waals surface area (Å²) < 4.78 is 2.15. The Balaban J connectivity index is 1.39.